The molecule has 0 aliphatic carbocycles. The number of aliphatic hydroxyl groups is 1. The largest absolute Gasteiger partial charge is 0.385 e. The second-order valence-corrected chi connectivity index (χ2v) is 7.88. The van der Waals surface area contributed by atoms with Crippen molar-refractivity contribution in [1.29, 1.82) is 0 Å². The van der Waals surface area contributed by atoms with E-state index >= 15 is 0 Å². The van der Waals surface area contributed by atoms with Crippen molar-refractivity contribution in [3.05, 3.63) is 59.4 Å². The third-order valence-electron chi connectivity index (χ3n) is 6.18. The van der Waals surface area contributed by atoms with E-state index in [-0.39, 0.29) is 0 Å². The molecule has 2 aromatic rings. The van der Waals surface area contributed by atoms with Crippen molar-refractivity contribution in [2.45, 2.75) is 57.7 Å². The van der Waals surface area contributed by atoms with Gasteiger partial charge in [0.05, 0.1) is 5.60 Å². The molecule has 142 valence electrons. The molecule has 1 aromatic carbocycles. The SMILES string of the molecule is C=C/C(=C\N=CC)C1(O)CCn2c3c(c4cc(C)ccc42)CNCCC3C1. The van der Waals surface area contributed by atoms with Gasteiger partial charge in [-0.3, -0.25) is 4.99 Å². The number of hydrogen-bond donors (Lipinski definition) is 2. The van der Waals surface area contributed by atoms with Crippen LogP contribution in [0.5, 0.6) is 0 Å². The topological polar surface area (TPSA) is 49.6 Å². The molecule has 0 spiro atoms. The summed E-state index contributed by atoms with van der Waals surface area (Å²) in [7, 11) is 0. The lowest BCUT2D eigenvalue weighted by Gasteiger charge is -2.30. The van der Waals surface area contributed by atoms with Gasteiger partial charge in [-0.15, -0.1) is 0 Å². The summed E-state index contributed by atoms with van der Waals surface area (Å²) in [6.07, 6.45) is 7.71. The lowest BCUT2D eigenvalue weighted by atomic mass is 9.80. The van der Waals surface area contributed by atoms with Crippen molar-refractivity contribution in [1.82, 2.24) is 9.88 Å². The van der Waals surface area contributed by atoms with Gasteiger partial charge in [0.15, 0.2) is 0 Å². The van der Waals surface area contributed by atoms with E-state index in [1.165, 1.54) is 27.7 Å². The van der Waals surface area contributed by atoms with E-state index in [0.717, 1.165) is 31.6 Å². The average Bonchev–Trinajstić information content (AvgIpc) is 2.76. The van der Waals surface area contributed by atoms with Crippen LogP contribution in [0.15, 0.2) is 47.6 Å². The first-order valence-electron chi connectivity index (χ1n) is 9.93. The van der Waals surface area contributed by atoms with Crippen LogP contribution in [0.4, 0.5) is 0 Å². The quantitative estimate of drug-likeness (QED) is 0.634. The Labute approximate surface area is 161 Å². The van der Waals surface area contributed by atoms with Crippen LogP contribution in [-0.2, 0) is 13.1 Å². The Bertz CT molecular complexity index is 937. The Kier molecular flexibility index (Phi) is 4.79. The van der Waals surface area contributed by atoms with Crippen LogP contribution in [0.1, 0.15) is 48.9 Å². The molecule has 4 rings (SSSR count). The number of aromatic nitrogens is 1. The second-order valence-electron chi connectivity index (χ2n) is 7.88. The maximum atomic E-state index is 11.6. The predicted octanol–water partition coefficient (Wildman–Crippen LogP) is 4.21. The third-order valence-corrected chi connectivity index (χ3v) is 6.18. The molecule has 3 heterocycles. The monoisotopic (exact) mass is 363 g/mol. The Morgan fingerprint density at radius 2 is 2.30 bits per heavy atom. The fourth-order valence-corrected chi connectivity index (χ4v) is 4.86. The van der Waals surface area contributed by atoms with Gasteiger partial charge in [0, 0.05) is 53.6 Å². The zero-order valence-corrected chi connectivity index (χ0v) is 16.3. The molecule has 2 N–H and O–H groups in total. The highest BCUT2D eigenvalue weighted by Crippen LogP contribution is 2.44. The van der Waals surface area contributed by atoms with Crippen LogP contribution in [0, 0.1) is 6.92 Å². The highest BCUT2D eigenvalue weighted by atomic mass is 16.3. The molecule has 4 nitrogen and oxygen atoms in total. The first-order valence-corrected chi connectivity index (χ1v) is 9.93. The van der Waals surface area contributed by atoms with Crippen LogP contribution in [-0.4, -0.2) is 28.0 Å². The Morgan fingerprint density at radius 1 is 1.44 bits per heavy atom. The molecular formula is C23H29N3O. The summed E-state index contributed by atoms with van der Waals surface area (Å²) in [5.74, 6) is 0.323. The van der Waals surface area contributed by atoms with Crippen LogP contribution in [0.25, 0.3) is 10.9 Å². The smallest absolute Gasteiger partial charge is 0.0934 e. The number of aryl methyl sites for hydroxylation is 2. The van der Waals surface area contributed by atoms with E-state index in [1.807, 2.05) is 6.92 Å². The number of hydrogen-bond acceptors (Lipinski definition) is 3. The van der Waals surface area contributed by atoms with Gasteiger partial charge < -0.3 is 15.0 Å². The average molecular weight is 364 g/mol. The van der Waals surface area contributed by atoms with Crippen LogP contribution in [0.2, 0.25) is 0 Å². The molecule has 2 aliphatic rings. The summed E-state index contributed by atoms with van der Waals surface area (Å²) >= 11 is 0. The second kappa shape index (κ2) is 7.10. The molecule has 0 radical (unpaired) electrons. The van der Waals surface area contributed by atoms with Crippen molar-refractivity contribution in [3.63, 3.8) is 0 Å². The molecule has 0 saturated carbocycles. The van der Waals surface area contributed by atoms with Gasteiger partial charge in [-0.2, -0.15) is 0 Å². The first kappa shape index (κ1) is 18.2. The molecule has 4 heteroatoms. The minimum absolute atomic E-state index is 0.323. The fraction of sp³-hybridized carbons (Fsp3) is 0.435. The number of aliphatic imine (C=N–C) groups is 1. The summed E-state index contributed by atoms with van der Waals surface area (Å²) in [5, 5.41) is 16.6. The highest BCUT2D eigenvalue weighted by molar-refractivity contribution is 5.86. The van der Waals surface area contributed by atoms with E-state index in [9.17, 15) is 5.11 Å². The minimum atomic E-state index is -0.892. The number of benzene rings is 1. The summed E-state index contributed by atoms with van der Waals surface area (Å²) < 4.78 is 2.46. The van der Waals surface area contributed by atoms with Crippen LogP contribution in [0.3, 0.4) is 0 Å². The van der Waals surface area contributed by atoms with E-state index in [4.69, 9.17) is 0 Å². The van der Waals surface area contributed by atoms with Gasteiger partial charge in [0.25, 0.3) is 0 Å². The molecule has 0 amide bonds. The number of nitrogens with one attached hydrogen (secondary N) is 1. The molecule has 0 fully saturated rings. The van der Waals surface area contributed by atoms with Crippen molar-refractivity contribution in [2.24, 2.45) is 4.99 Å². The Morgan fingerprint density at radius 3 is 3.07 bits per heavy atom. The molecule has 2 atom stereocenters. The first-order chi connectivity index (χ1) is 13.1. The van der Waals surface area contributed by atoms with E-state index in [2.05, 4.69) is 46.6 Å². The standard InChI is InChI=1S/C23H29N3O/c1-4-18(14-24-5-2)23(27)9-11-26-21-7-6-16(3)12-19(21)20-15-25-10-8-17(13-23)22(20)26/h4-7,12,14,17,25,27H,1,8-11,13,15H2,2-3H3/b18-14+,24-5?. The van der Waals surface area contributed by atoms with Gasteiger partial charge >= 0.3 is 0 Å². The molecule has 2 aliphatic heterocycles. The maximum Gasteiger partial charge on any atom is 0.0934 e. The van der Waals surface area contributed by atoms with E-state index in [0.29, 0.717) is 18.8 Å². The Hall–Kier alpha value is -2.17. The van der Waals surface area contributed by atoms with Gasteiger partial charge in [0.2, 0.25) is 0 Å². The number of nitrogens with zero attached hydrogens (tertiary/aromatic N) is 2. The van der Waals surface area contributed by atoms with Crippen molar-refractivity contribution >= 4 is 17.1 Å². The summed E-state index contributed by atoms with van der Waals surface area (Å²) in [5.41, 5.74) is 5.35. The molecule has 2 unspecified atom stereocenters. The number of rotatable bonds is 3. The van der Waals surface area contributed by atoms with Crippen molar-refractivity contribution in [3.8, 4) is 0 Å². The van der Waals surface area contributed by atoms with Crippen LogP contribution < -0.4 is 5.32 Å². The summed E-state index contributed by atoms with van der Waals surface area (Å²) in [6.45, 7) is 10.7. The number of fused-ring (bicyclic) bond motifs is 3. The molecule has 0 saturated heterocycles. The van der Waals surface area contributed by atoms with Crippen molar-refractivity contribution in [2.75, 3.05) is 6.54 Å². The third kappa shape index (κ3) is 3.07. The van der Waals surface area contributed by atoms with Gasteiger partial charge in [-0.1, -0.05) is 24.3 Å². The normalized spacial score (nSPS) is 26.0. The van der Waals surface area contributed by atoms with Gasteiger partial charge in [0.1, 0.15) is 0 Å². The summed E-state index contributed by atoms with van der Waals surface area (Å²) in [6, 6.07) is 6.75. The fourth-order valence-electron chi connectivity index (χ4n) is 4.86. The lowest BCUT2D eigenvalue weighted by molar-refractivity contribution is 0.0566. The lowest BCUT2D eigenvalue weighted by Crippen LogP contribution is -2.32. The Balaban J connectivity index is 1.86. The highest BCUT2D eigenvalue weighted by Gasteiger charge is 2.39. The van der Waals surface area contributed by atoms with E-state index in [1.54, 1.807) is 18.5 Å². The predicted molar refractivity (Wildman–Crippen MR) is 112 cm³/mol. The van der Waals surface area contributed by atoms with Crippen molar-refractivity contribution < 1.29 is 5.11 Å². The molecule has 0 bridgehead atoms. The minimum Gasteiger partial charge on any atom is -0.385 e. The maximum absolute atomic E-state index is 11.6. The molecule has 1 aromatic heterocycles. The molecular weight excluding hydrogens is 334 g/mol. The summed E-state index contributed by atoms with van der Waals surface area (Å²) in [4.78, 5) is 4.25. The van der Waals surface area contributed by atoms with Gasteiger partial charge in [-0.25, -0.2) is 0 Å². The van der Waals surface area contributed by atoms with Gasteiger partial charge in [-0.05, 0) is 57.4 Å². The zero-order valence-electron chi connectivity index (χ0n) is 16.3. The molecule has 27 heavy (non-hydrogen) atoms. The van der Waals surface area contributed by atoms with E-state index < -0.39 is 5.60 Å². The zero-order chi connectivity index (χ0) is 19.0. The van der Waals surface area contributed by atoms with Crippen LogP contribution >= 0.6 is 0 Å².